The molecule has 0 unspecified atom stereocenters. The Labute approximate surface area is 228 Å². The molecule has 1 heterocycles. The molecule has 0 saturated heterocycles. The van der Waals surface area contributed by atoms with Crippen LogP contribution in [-0.2, 0) is 0 Å². The number of halogens is 1. The van der Waals surface area contributed by atoms with Gasteiger partial charge in [0.1, 0.15) is 16.7 Å². The molecule has 2 N–H and O–H groups in total. The molecule has 0 bridgehead atoms. The number of amidine groups is 2. The molecule has 0 aliphatic heterocycles. The minimum Gasteiger partial charge on any atom is -0.521 e. The second-order valence-corrected chi connectivity index (χ2v) is 8.79. The molecule has 1 atom stereocenters. The van der Waals surface area contributed by atoms with E-state index < -0.39 is 0 Å². The Hall–Kier alpha value is -1.12. The molecule has 0 aliphatic rings. The Morgan fingerprint density at radius 3 is 2.12 bits per heavy atom. The maximum atomic E-state index is 8.87. The number of hydrogen-bond donors (Lipinski definition) is 2. The first-order chi connectivity index (χ1) is 14.2. The molecule has 172 valence electrons. The van der Waals surface area contributed by atoms with Crippen molar-refractivity contribution < 1.29 is 31.1 Å². The zero-order valence-electron chi connectivity index (χ0n) is 20.2. The number of aryl methyl sites for hydroxylation is 1. The zero-order valence-corrected chi connectivity index (χ0v) is 26.0. The molecule has 1 aromatic carbocycles. The molecule has 0 fully saturated rings. The van der Waals surface area contributed by atoms with Gasteiger partial charge in [-0.05, 0) is 62.4 Å². The molecule has 0 aliphatic carbocycles. The van der Waals surface area contributed by atoms with E-state index in [1.165, 1.54) is 4.88 Å². The van der Waals surface area contributed by atoms with Crippen LogP contribution in [0.25, 0.3) is 5.57 Å². The number of thiophene rings is 1. The zero-order chi connectivity index (χ0) is 23.0. The number of benzene rings is 1. The van der Waals surface area contributed by atoms with E-state index >= 15 is 0 Å². The van der Waals surface area contributed by atoms with Crippen molar-refractivity contribution in [3.63, 3.8) is 0 Å². The molecule has 1 aromatic heterocycles. The van der Waals surface area contributed by atoms with E-state index in [4.69, 9.17) is 22.4 Å². The van der Waals surface area contributed by atoms with Gasteiger partial charge < -0.3 is 14.0 Å². The summed E-state index contributed by atoms with van der Waals surface area (Å²) in [6, 6.07) is 7.68. The van der Waals surface area contributed by atoms with Crippen LogP contribution in [0.5, 0.6) is 0 Å². The summed E-state index contributed by atoms with van der Waals surface area (Å²) in [6.45, 7) is 21.6. The van der Waals surface area contributed by atoms with E-state index in [2.05, 4.69) is 47.4 Å². The summed E-state index contributed by atoms with van der Waals surface area (Å²) in [7, 11) is 0. The third kappa shape index (κ3) is 7.73. The van der Waals surface area contributed by atoms with E-state index in [1.807, 2.05) is 29.2 Å². The normalized spacial score (nSPS) is 10.6. The average Bonchev–Trinajstić information content (AvgIpc) is 3.01. The number of nitrogens with one attached hydrogen (secondary N) is 2. The summed E-state index contributed by atoms with van der Waals surface area (Å²) >= 11 is 7.69. The van der Waals surface area contributed by atoms with E-state index in [1.54, 1.807) is 18.3 Å². The molecule has 0 spiro atoms. The van der Waals surface area contributed by atoms with Gasteiger partial charge in [0.2, 0.25) is 0 Å². The molecule has 0 radical (unpaired) electrons. The van der Waals surface area contributed by atoms with Crippen LogP contribution < -0.4 is 4.90 Å². The van der Waals surface area contributed by atoms with Gasteiger partial charge in [-0.1, -0.05) is 50.6 Å². The summed E-state index contributed by atoms with van der Waals surface area (Å²) in [5, 5.41) is 18.9. The van der Waals surface area contributed by atoms with E-state index in [9.17, 15) is 0 Å². The number of nitrogens with zero attached hydrogens (tertiary/aromatic N) is 1. The Bertz CT molecular complexity index is 903. The molecular formula is C26H36ClN3SU. The van der Waals surface area contributed by atoms with Crippen LogP contribution in [0.4, 0.5) is 5.00 Å². The van der Waals surface area contributed by atoms with Crippen molar-refractivity contribution >= 4 is 45.2 Å². The first-order valence-electron chi connectivity index (χ1n) is 10.1. The van der Waals surface area contributed by atoms with Crippen molar-refractivity contribution in [1.82, 2.24) is 0 Å². The Balaban J connectivity index is 0. The first-order valence-corrected chi connectivity index (χ1v) is 11.3. The predicted octanol–water partition coefficient (Wildman–Crippen LogP) is 8.74. The fraction of sp³-hybridized carbons (Fsp3) is 0.346. The standard InChI is InChI=1S/C23H30ClN3S.C2H3.CH3.U/c1-7-9-18(8-2)22(26)27(17(6)25)23-21(14(3)16(5)28-23)15(4)19-10-12-20(24)13-11-19;1-2;;/h10-13,18,25-26H,4,7-9H2,1-3,5-6H3;1H,2H2;1H3;/q;2*-1;+2/t18-;;;/m0.../s1. The average molecular weight is 696 g/mol. The van der Waals surface area contributed by atoms with Gasteiger partial charge in [-0.25, -0.2) is 0 Å². The first kappa shape index (κ1) is 33.1. The predicted molar refractivity (Wildman–Crippen MR) is 142 cm³/mol. The monoisotopic (exact) mass is 695 g/mol. The Kier molecular flexibility index (Phi) is 16.2. The maximum Gasteiger partial charge on any atom is 2.00 e. The molecule has 32 heavy (non-hydrogen) atoms. The fourth-order valence-corrected chi connectivity index (χ4v) is 4.80. The van der Waals surface area contributed by atoms with Crippen LogP contribution in [0, 0.1) is 75.7 Å². The second kappa shape index (κ2) is 15.7. The fourth-order valence-electron chi connectivity index (χ4n) is 3.42. The Morgan fingerprint density at radius 1 is 1.16 bits per heavy atom. The Morgan fingerprint density at radius 2 is 1.69 bits per heavy atom. The van der Waals surface area contributed by atoms with Crippen molar-refractivity contribution in [2.75, 3.05) is 4.90 Å². The second-order valence-electron chi connectivity index (χ2n) is 7.15. The molecule has 0 saturated carbocycles. The molecule has 3 nitrogen and oxygen atoms in total. The topological polar surface area (TPSA) is 50.9 Å². The van der Waals surface area contributed by atoms with Gasteiger partial charge >= 0.3 is 31.1 Å². The van der Waals surface area contributed by atoms with Crippen LogP contribution in [0.2, 0.25) is 5.02 Å². The third-order valence-electron chi connectivity index (χ3n) is 5.16. The van der Waals surface area contributed by atoms with Crippen molar-refractivity contribution in [1.29, 1.82) is 10.8 Å². The van der Waals surface area contributed by atoms with E-state index in [0.29, 0.717) is 16.7 Å². The summed E-state index contributed by atoms with van der Waals surface area (Å²) in [5.74, 6) is 1.01. The summed E-state index contributed by atoms with van der Waals surface area (Å²) in [4.78, 5) is 2.99. The van der Waals surface area contributed by atoms with Gasteiger partial charge in [-0.3, -0.25) is 22.3 Å². The van der Waals surface area contributed by atoms with Crippen molar-refractivity contribution in [2.24, 2.45) is 5.92 Å². The largest absolute Gasteiger partial charge is 2.00 e. The maximum absolute atomic E-state index is 8.87. The van der Waals surface area contributed by atoms with Gasteiger partial charge in [-0.15, -0.1) is 11.3 Å². The molecule has 2 aromatic rings. The minimum absolute atomic E-state index is 0. The van der Waals surface area contributed by atoms with Gasteiger partial charge in [0, 0.05) is 21.4 Å². The summed E-state index contributed by atoms with van der Waals surface area (Å²) in [6.07, 6.45) is 2.88. The molecule has 0 amide bonds. The molecule has 2 rings (SSSR count). The molecule has 6 heteroatoms. The van der Waals surface area contributed by atoms with Crippen LogP contribution >= 0.6 is 22.9 Å². The van der Waals surface area contributed by atoms with Gasteiger partial charge in [0.15, 0.2) is 0 Å². The number of hydrogen-bond acceptors (Lipinski definition) is 3. The number of rotatable bonds is 7. The van der Waals surface area contributed by atoms with Crippen LogP contribution in [0.3, 0.4) is 0 Å². The van der Waals surface area contributed by atoms with E-state index in [0.717, 1.165) is 46.5 Å². The number of anilines is 1. The minimum atomic E-state index is 0. The van der Waals surface area contributed by atoms with Crippen molar-refractivity contribution in [2.45, 2.75) is 53.9 Å². The quantitative estimate of drug-likeness (QED) is 0.170. The van der Waals surface area contributed by atoms with Gasteiger partial charge in [-0.2, -0.15) is 0 Å². The van der Waals surface area contributed by atoms with Crippen LogP contribution in [-0.4, -0.2) is 11.7 Å². The van der Waals surface area contributed by atoms with E-state index in [-0.39, 0.29) is 44.5 Å². The molecular weight excluding hydrogens is 660 g/mol. The van der Waals surface area contributed by atoms with Gasteiger partial charge in [0.05, 0.1) is 0 Å². The van der Waals surface area contributed by atoms with Crippen molar-refractivity contribution in [3.8, 4) is 0 Å². The third-order valence-corrected chi connectivity index (χ3v) is 6.60. The van der Waals surface area contributed by atoms with Gasteiger partial charge in [0.25, 0.3) is 0 Å². The van der Waals surface area contributed by atoms with Crippen LogP contribution in [0.15, 0.2) is 37.4 Å². The smallest absolute Gasteiger partial charge is 0.521 e. The summed E-state index contributed by atoms with van der Waals surface area (Å²) in [5.41, 5.74) is 4.08. The van der Waals surface area contributed by atoms with Crippen molar-refractivity contribution in [3.05, 3.63) is 78.0 Å². The SMILES string of the molecule is C=C(c1ccc(Cl)cc1)c1c(N(C(C)=N)C(=N)[C@@H](CC)CCC)sc(C)c1C.[CH-]=C.[CH3-].[U+2]. The van der Waals surface area contributed by atoms with Crippen LogP contribution in [0.1, 0.15) is 61.6 Å². The summed E-state index contributed by atoms with van der Waals surface area (Å²) < 4.78 is 0.